The number of anilines is 1. The van der Waals surface area contributed by atoms with Gasteiger partial charge >= 0.3 is 18.2 Å². The first kappa shape index (κ1) is 25.9. The second-order valence-corrected chi connectivity index (χ2v) is 9.94. The minimum atomic E-state index is -4.56. The van der Waals surface area contributed by atoms with Gasteiger partial charge in [0.1, 0.15) is 17.3 Å². The number of halogens is 3. The fourth-order valence-electron chi connectivity index (χ4n) is 4.36. The van der Waals surface area contributed by atoms with E-state index in [0.717, 1.165) is 43.8 Å². The van der Waals surface area contributed by atoms with Crippen LogP contribution in [0.5, 0.6) is 6.01 Å². The van der Waals surface area contributed by atoms with E-state index in [-0.39, 0.29) is 43.9 Å². The molecule has 1 N–H and O–H groups in total. The molecule has 0 saturated carbocycles. The van der Waals surface area contributed by atoms with Gasteiger partial charge in [0.2, 0.25) is 5.82 Å². The number of nitrogens with one attached hydrogen (secondary N) is 1. The van der Waals surface area contributed by atoms with E-state index in [1.165, 1.54) is 0 Å². The Bertz CT molecular complexity index is 1450. The summed E-state index contributed by atoms with van der Waals surface area (Å²) in [5.74, 6) is -0.487. The molecule has 0 saturated heterocycles. The summed E-state index contributed by atoms with van der Waals surface area (Å²) in [7, 11) is 0. The van der Waals surface area contributed by atoms with E-state index in [4.69, 9.17) is 9.47 Å². The summed E-state index contributed by atoms with van der Waals surface area (Å²) in [6.07, 6.45) is -0.839. The van der Waals surface area contributed by atoms with Crippen LogP contribution in [0, 0.1) is 0 Å². The molecule has 5 heterocycles. The van der Waals surface area contributed by atoms with Gasteiger partial charge < -0.3 is 23.9 Å². The van der Waals surface area contributed by atoms with Gasteiger partial charge in [-0.2, -0.15) is 23.1 Å². The number of aromatic nitrogens is 6. The van der Waals surface area contributed by atoms with E-state index in [0.29, 0.717) is 19.0 Å². The average Bonchev–Trinajstić information content (AvgIpc) is 3.59. The third-order valence-corrected chi connectivity index (χ3v) is 7.11. The Hall–Kier alpha value is -3.68. The Kier molecular flexibility index (Phi) is 7.23. The molecular formula is C24H26F3N7O3S. The Balaban J connectivity index is 1.39. The molecule has 5 rings (SSSR count). The molecule has 0 fully saturated rings. The topological polar surface area (TPSA) is 111 Å². The van der Waals surface area contributed by atoms with Gasteiger partial charge in [-0.25, -0.2) is 0 Å². The quantitative estimate of drug-likeness (QED) is 0.308. The van der Waals surface area contributed by atoms with Crippen LogP contribution in [0.15, 0.2) is 18.3 Å². The normalized spacial score (nSPS) is 13.7. The van der Waals surface area contributed by atoms with Crippen LogP contribution >= 0.6 is 11.3 Å². The van der Waals surface area contributed by atoms with E-state index >= 15 is 0 Å². The van der Waals surface area contributed by atoms with Crippen molar-refractivity contribution in [2.75, 3.05) is 18.1 Å². The van der Waals surface area contributed by atoms with Gasteiger partial charge in [0.05, 0.1) is 30.7 Å². The van der Waals surface area contributed by atoms with Gasteiger partial charge in [-0.3, -0.25) is 4.79 Å². The lowest BCUT2D eigenvalue weighted by Crippen LogP contribution is -2.36. The van der Waals surface area contributed by atoms with Crippen LogP contribution < -0.4 is 9.64 Å². The highest BCUT2D eigenvalue weighted by Crippen LogP contribution is 2.36. The Morgan fingerprint density at radius 1 is 1.18 bits per heavy atom. The minimum absolute atomic E-state index is 0.0799. The van der Waals surface area contributed by atoms with Crippen molar-refractivity contribution < 1.29 is 27.4 Å². The summed E-state index contributed by atoms with van der Waals surface area (Å²) in [5.41, 5.74) is 1.51. The van der Waals surface area contributed by atoms with Gasteiger partial charge in [0.15, 0.2) is 5.82 Å². The second-order valence-electron chi connectivity index (χ2n) is 8.83. The third-order valence-electron chi connectivity index (χ3n) is 6.02. The summed E-state index contributed by atoms with van der Waals surface area (Å²) in [6, 6.07) is 4.01. The maximum absolute atomic E-state index is 13.3. The molecule has 0 spiro atoms. The number of aromatic amines is 1. The number of ether oxygens (including phenoxy) is 2. The number of esters is 1. The van der Waals surface area contributed by atoms with Gasteiger partial charge in [-0.1, -0.05) is 13.3 Å². The molecule has 1 aliphatic rings. The van der Waals surface area contributed by atoms with E-state index < -0.39 is 12.0 Å². The maximum Gasteiger partial charge on any atom is 0.451 e. The zero-order valence-electron chi connectivity index (χ0n) is 20.8. The summed E-state index contributed by atoms with van der Waals surface area (Å²) in [4.78, 5) is 27.8. The molecule has 4 aromatic heterocycles. The number of fused-ring (bicyclic) bond motifs is 2. The second kappa shape index (κ2) is 10.6. The van der Waals surface area contributed by atoms with Crippen LogP contribution in [0.2, 0.25) is 0 Å². The molecule has 4 aromatic rings. The van der Waals surface area contributed by atoms with Gasteiger partial charge in [0, 0.05) is 24.2 Å². The van der Waals surface area contributed by atoms with Crippen LogP contribution in [0.25, 0.3) is 10.2 Å². The third kappa shape index (κ3) is 5.44. The standard InChI is InChI=1S/C24H26F3N7O3S/c1-3-5-16-10-17-20(33-6-7-34-18(12-33)31-32-22(34)24(25,26)27)29-23(30-21(17)38-16)37-13-15-8-14(11-28-15)9-19(35)36-4-2/h8,10-11,28H,3-7,9,12-13H2,1-2H3. The first-order valence-electron chi connectivity index (χ1n) is 12.2. The van der Waals surface area contributed by atoms with Gasteiger partial charge in [-0.15, -0.1) is 21.5 Å². The number of thiophene rings is 1. The zero-order valence-corrected chi connectivity index (χ0v) is 21.7. The summed E-state index contributed by atoms with van der Waals surface area (Å²) in [5, 5.41) is 7.99. The number of aryl methyl sites for hydroxylation is 1. The largest absolute Gasteiger partial charge is 0.466 e. The molecule has 10 nitrogen and oxygen atoms in total. The molecule has 0 radical (unpaired) electrons. The van der Waals surface area contributed by atoms with Crippen molar-refractivity contribution in [3.8, 4) is 6.01 Å². The molecule has 14 heteroatoms. The number of nitrogens with zero attached hydrogens (tertiary/aromatic N) is 6. The van der Waals surface area contributed by atoms with E-state index in [1.807, 2.05) is 17.0 Å². The molecular weight excluding hydrogens is 523 g/mol. The van der Waals surface area contributed by atoms with Crippen molar-refractivity contribution in [2.45, 2.75) is 59.0 Å². The van der Waals surface area contributed by atoms with Gasteiger partial charge in [-0.05, 0) is 31.0 Å². The van der Waals surface area contributed by atoms with Crippen LogP contribution in [-0.2, 0) is 48.2 Å². The molecule has 0 atom stereocenters. The molecule has 38 heavy (non-hydrogen) atoms. The molecule has 0 aliphatic carbocycles. The Labute approximate surface area is 219 Å². The number of hydrogen-bond acceptors (Lipinski definition) is 9. The lowest BCUT2D eigenvalue weighted by molar-refractivity contribution is -0.147. The van der Waals surface area contributed by atoms with Crippen molar-refractivity contribution in [3.63, 3.8) is 0 Å². The predicted octanol–water partition coefficient (Wildman–Crippen LogP) is 4.29. The Morgan fingerprint density at radius 3 is 2.79 bits per heavy atom. The SMILES string of the molecule is CCCc1cc2c(N3CCn4c(nnc4C(F)(F)F)C3)nc(OCc3cc(CC(=O)OCC)c[nH]3)nc2s1. The highest BCUT2D eigenvalue weighted by Gasteiger charge is 2.39. The zero-order chi connectivity index (χ0) is 26.9. The molecule has 0 unspecified atom stereocenters. The lowest BCUT2D eigenvalue weighted by atomic mass is 10.2. The molecule has 0 amide bonds. The number of carbonyl (C=O) groups is 1. The summed E-state index contributed by atoms with van der Waals surface area (Å²) in [6.45, 7) is 4.82. The van der Waals surface area contributed by atoms with E-state index in [1.54, 1.807) is 24.5 Å². The smallest absolute Gasteiger partial charge is 0.451 e. The fourth-order valence-corrected chi connectivity index (χ4v) is 5.47. The highest BCUT2D eigenvalue weighted by molar-refractivity contribution is 7.18. The summed E-state index contributed by atoms with van der Waals surface area (Å²) < 4.78 is 51.9. The van der Waals surface area contributed by atoms with Crippen LogP contribution in [-0.4, -0.2) is 48.8 Å². The minimum Gasteiger partial charge on any atom is -0.466 e. The predicted molar refractivity (Wildman–Crippen MR) is 133 cm³/mol. The lowest BCUT2D eigenvalue weighted by Gasteiger charge is -2.29. The monoisotopic (exact) mass is 549 g/mol. The number of alkyl halides is 3. The molecule has 0 bridgehead atoms. The molecule has 1 aliphatic heterocycles. The van der Waals surface area contributed by atoms with Crippen molar-refractivity contribution in [3.05, 3.63) is 46.1 Å². The van der Waals surface area contributed by atoms with Crippen LogP contribution in [0.4, 0.5) is 19.0 Å². The Morgan fingerprint density at radius 2 is 2.03 bits per heavy atom. The van der Waals surface area contributed by atoms with Crippen LogP contribution in [0.1, 0.15) is 48.1 Å². The molecule has 0 aromatic carbocycles. The fraction of sp³-hybridized carbons (Fsp3) is 0.458. The first-order valence-corrected chi connectivity index (χ1v) is 13.1. The number of hydrogen-bond donors (Lipinski definition) is 1. The molecule has 202 valence electrons. The van der Waals surface area contributed by atoms with Crippen molar-refractivity contribution in [2.24, 2.45) is 0 Å². The van der Waals surface area contributed by atoms with Crippen molar-refractivity contribution >= 4 is 33.3 Å². The number of H-pyrrole nitrogens is 1. The maximum atomic E-state index is 13.3. The number of carbonyl (C=O) groups excluding carboxylic acids is 1. The first-order chi connectivity index (χ1) is 18.2. The van der Waals surface area contributed by atoms with Gasteiger partial charge in [0.25, 0.3) is 0 Å². The van der Waals surface area contributed by atoms with Crippen LogP contribution in [0.3, 0.4) is 0 Å². The average molecular weight is 550 g/mol. The summed E-state index contributed by atoms with van der Waals surface area (Å²) >= 11 is 1.55. The van der Waals surface area contributed by atoms with E-state index in [9.17, 15) is 18.0 Å². The van der Waals surface area contributed by atoms with Crippen molar-refractivity contribution in [1.82, 2.24) is 29.7 Å². The van der Waals surface area contributed by atoms with Crippen molar-refractivity contribution in [1.29, 1.82) is 0 Å². The highest BCUT2D eigenvalue weighted by atomic mass is 32.1. The van der Waals surface area contributed by atoms with E-state index in [2.05, 4.69) is 32.1 Å². The number of rotatable bonds is 9.